The Morgan fingerprint density at radius 1 is 1.30 bits per heavy atom. The first-order valence-electron chi connectivity index (χ1n) is 7.85. The van der Waals surface area contributed by atoms with E-state index in [0.717, 1.165) is 11.8 Å². The van der Waals surface area contributed by atoms with E-state index < -0.39 is 52.5 Å². The minimum Gasteiger partial charge on any atom is -0.394 e. The molecular weight excluding hydrogens is 382 g/mol. The number of aryl methyl sites for hydroxylation is 1. The molecule has 11 nitrogen and oxygen atoms in total. The van der Waals surface area contributed by atoms with E-state index >= 15 is 0 Å². The van der Waals surface area contributed by atoms with Crippen molar-refractivity contribution in [2.24, 2.45) is 0 Å². The molecule has 4 atom stereocenters. The lowest BCUT2D eigenvalue weighted by Crippen LogP contribution is -2.41. The average molecular weight is 399 g/mol. The Balaban J connectivity index is 1.98. The molecular formula is C15H17N3O8S. The third-order valence-corrected chi connectivity index (χ3v) is 5.34. The van der Waals surface area contributed by atoms with Crippen LogP contribution in [0.4, 0.5) is 0 Å². The Morgan fingerprint density at radius 3 is 2.56 bits per heavy atom. The maximum absolute atomic E-state index is 12.5. The minimum atomic E-state index is -4.32. The molecule has 0 radical (unpaired) electrons. The largest absolute Gasteiger partial charge is 0.394 e. The number of ether oxygens (including phenoxy) is 1. The Labute approximate surface area is 152 Å². The Hall–Kier alpha value is -2.38. The Kier molecular flexibility index (Phi) is 5.26. The van der Waals surface area contributed by atoms with Crippen LogP contribution in [0.2, 0.25) is 0 Å². The zero-order chi connectivity index (χ0) is 19.8. The number of aliphatic hydroxyl groups is 2. The first kappa shape index (κ1) is 19.4. The molecule has 12 heteroatoms. The lowest BCUT2D eigenvalue weighted by atomic mass is 10.1. The molecule has 2 aromatic rings. The van der Waals surface area contributed by atoms with Gasteiger partial charge in [0.2, 0.25) is 0 Å². The molecule has 1 fully saturated rings. The summed E-state index contributed by atoms with van der Waals surface area (Å²) in [4.78, 5) is 24.9. The normalized spacial score (nSPS) is 25.6. The first-order chi connectivity index (χ1) is 12.7. The molecule has 1 aliphatic rings. The van der Waals surface area contributed by atoms with Gasteiger partial charge < -0.3 is 14.9 Å². The van der Waals surface area contributed by atoms with Gasteiger partial charge in [0.05, 0.1) is 11.5 Å². The maximum atomic E-state index is 12.5. The highest BCUT2D eigenvalue weighted by Gasteiger charge is 2.48. The fourth-order valence-corrected chi connectivity index (χ4v) is 3.70. The molecule has 0 saturated carbocycles. The molecule has 0 aliphatic carbocycles. The second-order valence-corrected chi connectivity index (χ2v) is 7.52. The molecule has 3 rings (SSSR count). The number of rotatable bonds is 5. The van der Waals surface area contributed by atoms with Gasteiger partial charge in [-0.25, -0.2) is 4.79 Å². The summed E-state index contributed by atoms with van der Waals surface area (Å²) in [6, 6.07) is 5.80. The van der Waals surface area contributed by atoms with Gasteiger partial charge in [0, 0.05) is 0 Å². The zero-order valence-electron chi connectivity index (χ0n) is 14.0. The monoisotopic (exact) mass is 399 g/mol. The SMILES string of the molecule is Cc1ccc(S(=O)(=O)O[C@@H]2[C@H](O)[C@@H](CO)O[C@@H]2n2ncc(=O)[nH]c2=O)cc1. The summed E-state index contributed by atoms with van der Waals surface area (Å²) in [5, 5.41) is 23.2. The maximum Gasteiger partial charge on any atom is 0.347 e. The van der Waals surface area contributed by atoms with Gasteiger partial charge in [-0.1, -0.05) is 17.7 Å². The zero-order valence-corrected chi connectivity index (χ0v) is 14.9. The van der Waals surface area contributed by atoms with E-state index in [2.05, 4.69) is 5.10 Å². The molecule has 27 heavy (non-hydrogen) atoms. The standard InChI is InChI=1S/C15H17N3O8S/c1-8-2-4-9(5-3-8)27(23,24)26-13-12(21)10(7-19)25-14(13)18-15(22)17-11(20)6-16-18/h2-6,10,12-14,19,21H,7H2,1H3,(H,17,20,22)/t10-,12-,13-,14+/m1/s1. The van der Waals surface area contributed by atoms with Crippen molar-refractivity contribution in [3.63, 3.8) is 0 Å². The van der Waals surface area contributed by atoms with Crippen LogP contribution in [-0.2, 0) is 19.0 Å². The number of aromatic nitrogens is 3. The highest BCUT2D eigenvalue weighted by atomic mass is 32.2. The van der Waals surface area contributed by atoms with Crippen LogP contribution in [0.15, 0.2) is 44.9 Å². The van der Waals surface area contributed by atoms with E-state index in [9.17, 15) is 28.2 Å². The molecule has 2 heterocycles. The van der Waals surface area contributed by atoms with Gasteiger partial charge in [-0.3, -0.25) is 14.0 Å². The van der Waals surface area contributed by atoms with Crippen LogP contribution in [0.3, 0.4) is 0 Å². The summed E-state index contributed by atoms with van der Waals surface area (Å²) in [5.41, 5.74) is -0.918. The summed E-state index contributed by atoms with van der Waals surface area (Å²) < 4.78 is 36.2. The predicted molar refractivity (Wildman–Crippen MR) is 89.4 cm³/mol. The van der Waals surface area contributed by atoms with Crippen LogP contribution in [0.1, 0.15) is 11.8 Å². The number of nitrogens with one attached hydrogen (secondary N) is 1. The van der Waals surface area contributed by atoms with Gasteiger partial charge in [0.1, 0.15) is 18.4 Å². The van der Waals surface area contributed by atoms with Crippen molar-refractivity contribution in [1.82, 2.24) is 14.8 Å². The fraction of sp³-hybridized carbons (Fsp3) is 0.400. The van der Waals surface area contributed by atoms with Crippen LogP contribution >= 0.6 is 0 Å². The van der Waals surface area contributed by atoms with Gasteiger partial charge in [-0.2, -0.15) is 18.2 Å². The lowest BCUT2D eigenvalue weighted by Gasteiger charge is -2.20. The van der Waals surface area contributed by atoms with Crippen molar-refractivity contribution in [3.8, 4) is 0 Å². The molecule has 1 aromatic heterocycles. The van der Waals surface area contributed by atoms with Gasteiger partial charge in [-0.05, 0) is 19.1 Å². The van der Waals surface area contributed by atoms with Crippen LogP contribution in [0, 0.1) is 6.92 Å². The number of H-pyrrole nitrogens is 1. The minimum absolute atomic E-state index is 0.159. The van der Waals surface area contributed by atoms with E-state index in [1.165, 1.54) is 12.1 Å². The topological polar surface area (TPSA) is 161 Å². The molecule has 146 valence electrons. The molecule has 0 spiro atoms. The molecule has 0 amide bonds. The Bertz CT molecular complexity index is 1030. The molecule has 0 unspecified atom stereocenters. The predicted octanol–water partition coefficient (Wildman–Crippen LogP) is -1.74. The van der Waals surface area contributed by atoms with E-state index in [1.54, 1.807) is 19.1 Å². The molecule has 0 bridgehead atoms. The quantitative estimate of drug-likeness (QED) is 0.496. The fourth-order valence-electron chi connectivity index (χ4n) is 2.62. The van der Waals surface area contributed by atoms with E-state index in [-0.39, 0.29) is 4.90 Å². The van der Waals surface area contributed by atoms with Crippen LogP contribution in [-0.4, -0.2) is 58.3 Å². The van der Waals surface area contributed by atoms with E-state index in [4.69, 9.17) is 8.92 Å². The number of hydrogen-bond donors (Lipinski definition) is 3. The van der Waals surface area contributed by atoms with Gasteiger partial charge in [0.15, 0.2) is 12.3 Å². The molecule has 1 aromatic carbocycles. The molecule has 1 aliphatic heterocycles. The van der Waals surface area contributed by atoms with Crippen molar-refractivity contribution in [2.45, 2.75) is 36.4 Å². The third-order valence-electron chi connectivity index (χ3n) is 4.02. The number of aliphatic hydroxyl groups excluding tert-OH is 2. The highest BCUT2D eigenvalue weighted by Crippen LogP contribution is 2.32. The van der Waals surface area contributed by atoms with Crippen molar-refractivity contribution in [1.29, 1.82) is 0 Å². The number of nitrogens with zero attached hydrogens (tertiary/aromatic N) is 2. The van der Waals surface area contributed by atoms with Crippen molar-refractivity contribution in [2.75, 3.05) is 6.61 Å². The Morgan fingerprint density at radius 2 is 1.96 bits per heavy atom. The summed E-state index contributed by atoms with van der Waals surface area (Å²) in [6.45, 7) is 1.13. The van der Waals surface area contributed by atoms with Crippen molar-refractivity contribution < 1.29 is 27.6 Å². The summed E-state index contributed by atoms with van der Waals surface area (Å²) in [5.74, 6) is 0. The second kappa shape index (κ2) is 7.32. The third kappa shape index (κ3) is 3.84. The number of aromatic amines is 1. The first-order valence-corrected chi connectivity index (χ1v) is 9.26. The summed E-state index contributed by atoms with van der Waals surface area (Å²) >= 11 is 0. The van der Waals surface area contributed by atoms with Crippen molar-refractivity contribution in [3.05, 3.63) is 56.9 Å². The van der Waals surface area contributed by atoms with Crippen LogP contribution in [0.5, 0.6) is 0 Å². The summed E-state index contributed by atoms with van der Waals surface area (Å²) in [7, 11) is -4.32. The smallest absolute Gasteiger partial charge is 0.347 e. The van der Waals surface area contributed by atoms with E-state index in [1.807, 2.05) is 4.98 Å². The highest BCUT2D eigenvalue weighted by molar-refractivity contribution is 7.86. The summed E-state index contributed by atoms with van der Waals surface area (Å²) in [6.07, 6.45) is -5.06. The van der Waals surface area contributed by atoms with Gasteiger partial charge in [-0.15, -0.1) is 0 Å². The molecule has 1 saturated heterocycles. The van der Waals surface area contributed by atoms with Gasteiger partial charge in [0.25, 0.3) is 15.7 Å². The molecule has 3 N–H and O–H groups in total. The van der Waals surface area contributed by atoms with Crippen molar-refractivity contribution >= 4 is 10.1 Å². The number of benzene rings is 1. The van der Waals surface area contributed by atoms with Crippen LogP contribution < -0.4 is 11.2 Å². The second-order valence-electron chi connectivity index (χ2n) is 5.95. The van der Waals surface area contributed by atoms with E-state index in [0.29, 0.717) is 4.68 Å². The van der Waals surface area contributed by atoms with Gasteiger partial charge >= 0.3 is 5.69 Å². The van der Waals surface area contributed by atoms with Crippen LogP contribution in [0.25, 0.3) is 0 Å². The average Bonchev–Trinajstić information content (AvgIpc) is 2.91. The number of hydrogen-bond acceptors (Lipinski definition) is 9. The lowest BCUT2D eigenvalue weighted by molar-refractivity contribution is -0.0582.